The van der Waals surface area contributed by atoms with Crippen LogP contribution in [0.4, 0.5) is 0 Å². The van der Waals surface area contributed by atoms with Gasteiger partial charge in [-0.25, -0.2) is 4.98 Å². The van der Waals surface area contributed by atoms with Crippen LogP contribution in [0.1, 0.15) is 48.7 Å². The predicted molar refractivity (Wildman–Crippen MR) is 115 cm³/mol. The number of carbonyl (C=O) groups is 1. The third kappa shape index (κ3) is 4.00. The summed E-state index contributed by atoms with van der Waals surface area (Å²) < 4.78 is 0. The van der Waals surface area contributed by atoms with E-state index in [9.17, 15) is 4.79 Å². The van der Waals surface area contributed by atoms with Crippen molar-refractivity contribution >= 4 is 17.2 Å². The Kier molecular flexibility index (Phi) is 5.54. The summed E-state index contributed by atoms with van der Waals surface area (Å²) in [4.78, 5) is 22.2. The topological polar surface area (TPSA) is 48.5 Å². The van der Waals surface area contributed by atoms with Crippen molar-refractivity contribution in [2.45, 2.75) is 45.2 Å². The van der Waals surface area contributed by atoms with E-state index in [2.05, 4.69) is 54.2 Å². The molecule has 2 fully saturated rings. The van der Waals surface area contributed by atoms with Crippen LogP contribution in [0, 0.1) is 0 Å². The van der Waals surface area contributed by atoms with Crippen LogP contribution in [0.15, 0.2) is 24.4 Å². The Morgan fingerprint density at radius 1 is 1.25 bits per heavy atom. The fraction of sp³-hybridized carbons (Fsp3) is 0.545. The van der Waals surface area contributed by atoms with Crippen LogP contribution in [0.2, 0.25) is 0 Å². The molecule has 0 unspecified atom stereocenters. The van der Waals surface area contributed by atoms with Crippen molar-refractivity contribution in [3.05, 3.63) is 40.5 Å². The lowest BCUT2D eigenvalue weighted by Gasteiger charge is -2.41. The number of nitrogens with zero attached hydrogens (tertiary/aromatic N) is 3. The fourth-order valence-electron chi connectivity index (χ4n) is 4.10. The third-order valence-corrected chi connectivity index (χ3v) is 7.18. The molecule has 1 amide bonds. The monoisotopic (exact) mass is 398 g/mol. The number of likely N-dealkylation sites (N-methyl/N-ethyl adjacent to an activating group) is 1. The number of nitrogens with one attached hydrogen (secondary N) is 1. The second-order valence-corrected chi connectivity index (χ2v) is 9.61. The van der Waals surface area contributed by atoms with Gasteiger partial charge in [-0.3, -0.25) is 9.69 Å². The molecule has 0 spiro atoms. The van der Waals surface area contributed by atoms with E-state index in [0.717, 1.165) is 26.2 Å². The largest absolute Gasteiger partial charge is 0.352 e. The highest BCUT2D eigenvalue weighted by Gasteiger charge is 2.32. The summed E-state index contributed by atoms with van der Waals surface area (Å²) in [5, 5.41) is 4.22. The van der Waals surface area contributed by atoms with Crippen molar-refractivity contribution in [2.24, 2.45) is 0 Å². The standard InChI is InChI=1S/C22H30N4OS/c1-14(2)26-12-19(13-26)22-24-9-21(28-22)16-5-6-17(8-23-15(3)27)20(7-16)18-10-25(4)11-18/h5-7,9,14,18-19H,8,10-13H2,1-4H3,(H,23,27). The van der Waals surface area contributed by atoms with Gasteiger partial charge in [-0.2, -0.15) is 0 Å². The predicted octanol–water partition coefficient (Wildman–Crippen LogP) is 3.28. The molecule has 0 bridgehead atoms. The third-order valence-electron chi connectivity index (χ3n) is 5.98. The number of hydrogen-bond donors (Lipinski definition) is 1. The number of likely N-dealkylation sites (tertiary alicyclic amines) is 2. The quantitative estimate of drug-likeness (QED) is 0.811. The number of carbonyl (C=O) groups excluding carboxylic acids is 1. The van der Waals surface area contributed by atoms with E-state index in [4.69, 9.17) is 4.98 Å². The summed E-state index contributed by atoms with van der Waals surface area (Å²) in [5.74, 6) is 1.15. The molecular formula is C22H30N4OS. The van der Waals surface area contributed by atoms with Crippen LogP contribution in [0.25, 0.3) is 10.4 Å². The molecule has 6 heteroatoms. The second-order valence-electron chi connectivity index (χ2n) is 8.55. The Labute approximate surface area is 171 Å². The van der Waals surface area contributed by atoms with Gasteiger partial charge in [-0.15, -0.1) is 11.3 Å². The van der Waals surface area contributed by atoms with Crippen LogP contribution in [-0.4, -0.2) is 60.0 Å². The minimum Gasteiger partial charge on any atom is -0.352 e. The zero-order chi connectivity index (χ0) is 19.8. The molecule has 4 rings (SSSR count). The summed E-state index contributed by atoms with van der Waals surface area (Å²) in [5.41, 5.74) is 3.85. The van der Waals surface area contributed by atoms with Crippen molar-refractivity contribution < 1.29 is 4.79 Å². The van der Waals surface area contributed by atoms with E-state index in [1.54, 1.807) is 6.92 Å². The molecule has 1 aromatic carbocycles. The van der Waals surface area contributed by atoms with Crippen molar-refractivity contribution in [3.8, 4) is 10.4 Å². The Hall–Kier alpha value is -1.76. The molecule has 2 aromatic rings. The maximum atomic E-state index is 11.4. The molecule has 1 aromatic heterocycles. The molecule has 1 N–H and O–H groups in total. The van der Waals surface area contributed by atoms with Gasteiger partial charge < -0.3 is 10.2 Å². The first-order valence-electron chi connectivity index (χ1n) is 10.2. The zero-order valence-electron chi connectivity index (χ0n) is 17.2. The molecule has 3 heterocycles. The molecular weight excluding hydrogens is 368 g/mol. The van der Waals surface area contributed by atoms with Gasteiger partial charge in [-0.05, 0) is 43.7 Å². The fourth-order valence-corrected chi connectivity index (χ4v) is 5.10. The maximum absolute atomic E-state index is 11.4. The number of benzene rings is 1. The van der Waals surface area contributed by atoms with Crippen LogP contribution in [0.3, 0.4) is 0 Å². The Morgan fingerprint density at radius 2 is 2.00 bits per heavy atom. The highest BCUT2D eigenvalue weighted by molar-refractivity contribution is 7.15. The average Bonchev–Trinajstić information content (AvgIpc) is 3.05. The first-order valence-corrected chi connectivity index (χ1v) is 11.0. The summed E-state index contributed by atoms with van der Waals surface area (Å²) in [7, 11) is 2.16. The van der Waals surface area contributed by atoms with E-state index in [-0.39, 0.29) is 5.91 Å². The molecule has 0 saturated carbocycles. The minimum atomic E-state index is 0.0174. The number of thiazole rings is 1. The van der Waals surface area contributed by atoms with Crippen LogP contribution < -0.4 is 5.32 Å². The average molecular weight is 399 g/mol. The molecule has 28 heavy (non-hydrogen) atoms. The first kappa shape index (κ1) is 19.6. The molecule has 0 aliphatic carbocycles. The van der Waals surface area contributed by atoms with Crippen molar-refractivity contribution in [1.29, 1.82) is 0 Å². The van der Waals surface area contributed by atoms with Gasteiger partial charge in [0.15, 0.2) is 0 Å². The van der Waals surface area contributed by atoms with Crippen molar-refractivity contribution in [3.63, 3.8) is 0 Å². The lowest BCUT2D eigenvalue weighted by molar-refractivity contribution is -0.119. The molecule has 5 nitrogen and oxygen atoms in total. The van der Waals surface area contributed by atoms with Crippen LogP contribution in [0.5, 0.6) is 0 Å². The molecule has 150 valence electrons. The number of rotatable bonds is 6. The Balaban J connectivity index is 1.53. The minimum absolute atomic E-state index is 0.0174. The summed E-state index contributed by atoms with van der Waals surface area (Å²) >= 11 is 1.84. The molecule has 0 radical (unpaired) electrons. The van der Waals surface area contributed by atoms with Crippen LogP contribution >= 0.6 is 11.3 Å². The van der Waals surface area contributed by atoms with Gasteiger partial charge in [0, 0.05) is 63.7 Å². The maximum Gasteiger partial charge on any atom is 0.217 e. The van der Waals surface area contributed by atoms with Gasteiger partial charge in [0.05, 0.1) is 9.88 Å². The lowest BCUT2D eigenvalue weighted by atomic mass is 9.87. The highest BCUT2D eigenvalue weighted by Crippen LogP contribution is 2.37. The number of aromatic nitrogens is 1. The molecule has 2 aliphatic heterocycles. The summed E-state index contributed by atoms with van der Waals surface area (Å²) in [6.07, 6.45) is 2.04. The van der Waals surface area contributed by atoms with Gasteiger partial charge >= 0.3 is 0 Å². The SMILES string of the molecule is CC(=O)NCc1ccc(-c2cnc(C3CN(C(C)C)C3)s2)cc1C1CN(C)C1. The smallest absolute Gasteiger partial charge is 0.217 e. The molecule has 0 atom stereocenters. The summed E-state index contributed by atoms with van der Waals surface area (Å²) in [6, 6.07) is 7.31. The Morgan fingerprint density at radius 3 is 2.64 bits per heavy atom. The van der Waals surface area contributed by atoms with E-state index >= 15 is 0 Å². The number of amides is 1. The number of hydrogen-bond acceptors (Lipinski definition) is 5. The zero-order valence-corrected chi connectivity index (χ0v) is 18.1. The van der Waals surface area contributed by atoms with E-state index < -0.39 is 0 Å². The van der Waals surface area contributed by atoms with Crippen LogP contribution in [-0.2, 0) is 11.3 Å². The lowest BCUT2D eigenvalue weighted by Crippen LogP contribution is -2.48. The first-order chi connectivity index (χ1) is 13.4. The van der Waals surface area contributed by atoms with Crippen molar-refractivity contribution in [2.75, 3.05) is 33.2 Å². The Bertz CT molecular complexity index is 850. The molecule has 2 saturated heterocycles. The highest BCUT2D eigenvalue weighted by atomic mass is 32.1. The normalized spacial score (nSPS) is 18.9. The van der Waals surface area contributed by atoms with E-state index in [0.29, 0.717) is 24.4 Å². The second kappa shape index (κ2) is 7.93. The van der Waals surface area contributed by atoms with Gasteiger partial charge in [0.25, 0.3) is 0 Å². The van der Waals surface area contributed by atoms with Gasteiger partial charge in [0.2, 0.25) is 5.91 Å². The summed E-state index contributed by atoms with van der Waals surface area (Å²) in [6.45, 7) is 11.1. The van der Waals surface area contributed by atoms with Gasteiger partial charge in [0.1, 0.15) is 0 Å². The van der Waals surface area contributed by atoms with E-state index in [1.165, 1.54) is 26.6 Å². The molecule has 2 aliphatic rings. The van der Waals surface area contributed by atoms with E-state index in [1.807, 2.05) is 17.5 Å². The van der Waals surface area contributed by atoms with Crippen molar-refractivity contribution in [1.82, 2.24) is 20.1 Å². The van der Waals surface area contributed by atoms with Gasteiger partial charge in [-0.1, -0.05) is 12.1 Å².